The maximum atomic E-state index is 14.1. The maximum absolute atomic E-state index is 14.1. The Morgan fingerprint density at radius 2 is 1.88 bits per heavy atom. The van der Waals surface area contributed by atoms with Crippen LogP contribution in [0.25, 0.3) is 23.0 Å². The van der Waals surface area contributed by atoms with Crippen molar-refractivity contribution >= 4 is 11.7 Å². The normalized spacial score (nSPS) is 13.0. The van der Waals surface area contributed by atoms with Gasteiger partial charge in [0.05, 0.1) is 19.2 Å². The van der Waals surface area contributed by atoms with Crippen LogP contribution in [0.1, 0.15) is 11.3 Å². The highest BCUT2D eigenvalue weighted by Crippen LogP contribution is 2.31. The van der Waals surface area contributed by atoms with Crippen LogP contribution >= 0.6 is 0 Å². The number of aryl methyl sites for hydroxylation is 1. The predicted octanol–water partition coefficient (Wildman–Crippen LogP) is 3.88. The third kappa shape index (κ3) is 3.91. The van der Waals surface area contributed by atoms with Gasteiger partial charge in [0.15, 0.2) is 5.69 Å². The van der Waals surface area contributed by atoms with Crippen molar-refractivity contribution in [3.05, 3.63) is 65.6 Å². The average Bonchev–Trinajstić information content (AvgIpc) is 3.44. The number of nitrogens with zero attached hydrogens (tertiary/aromatic N) is 5. The largest absolute Gasteiger partial charge is 0.497 e. The molecule has 2 aromatic carbocycles. The number of amides is 2. The molecule has 9 nitrogen and oxygen atoms in total. The van der Waals surface area contributed by atoms with Crippen molar-refractivity contribution in [3.8, 4) is 28.8 Å². The lowest BCUT2D eigenvalue weighted by molar-refractivity contribution is 0.206. The summed E-state index contributed by atoms with van der Waals surface area (Å²) in [6.07, 6.45) is 0.628. The number of benzene rings is 2. The number of anilines is 1. The summed E-state index contributed by atoms with van der Waals surface area (Å²) in [5, 5.41) is 15.5. The lowest BCUT2D eigenvalue weighted by Gasteiger charge is -2.27. The van der Waals surface area contributed by atoms with E-state index >= 15 is 0 Å². The van der Waals surface area contributed by atoms with E-state index in [1.807, 2.05) is 7.05 Å². The molecular weight excluding hydrogens is 427 g/mol. The van der Waals surface area contributed by atoms with Crippen LogP contribution in [0.15, 0.2) is 52.9 Å². The highest BCUT2D eigenvalue weighted by molar-refractivity contribution is 5.89. The Bertz CT molecular complexity index is 1310. The van der Waals surface area contributed by atoms with E-state index in [1.54, 1.807) is 59.2 Å². The van der Waals surface area contributed by atoms with E-state index in [1.165, 1.54) is 6.07 Å². The second-order valence-corrected chi connectivity index (χ2v) is 7.62. The number of carbonyl (C=O) groups is 1. The summed E-state index contributed by atoms with van der Waals surface area (Å²) in [4.78, 5) is 14.6. The van der Waals surface area contributed by atoms with E-state index in [9.17, 15) is 9.18 Å². The molecule has 1 aliphatic heterocycles. The Morgan fingerprint density at radius 3 is 2.64 bits per heavy atom. The van der Waals surface area contributed by atoms with Crippen molar-refractivity contribution in [2.24, 2.45) is 7.05 Å². The van der Waals surface area contributed by atoms with Gasteiger partial charge >= 0.3 is 6.03 Å². The third-order valence-corrected chi connectivity index (χ3v) is 5.60. The van der Waals surface area contributed by atoms with Gasteiger partial charge in [0.1, 0.15) is 11.6 Å². The van der Waals surface area contributed by atoms with Crippen LogP contribution in [-0.2, 0) is 20.0 Å². The van der Waals surface area contributed by atoms with Crippen molar-refractivity contribution in [2.75, 3.05) is 19.0 Å². The number of halogens is 1. The van der Waals surface area contributed by atoms with Gasteiger partial charge in [-0.3, -0.25) is 4.68 Å². The van der Waals surface area contributed by atoms with E-state index < -0.39 is 5.82 Å². The quantitative estimate of drug-likeness (QED) is 0.509. The van der Waals surface area contributed by atoms with Crippen LogP contribution in [0.4, 0.5) is 14.9 Å². The van der Waals surface area contributed by atoms with Crippen molar-refractivity contribution in [1.82, 2.24) is 24.9 Å². The second kappa shape index (κ2) is 8.38. The molecule has 5 rings (SSSR count). The summed E-state index contributed by atoms with van der Waals surface area (Å²) >= 11 is 0. The van der Waals surface area contributed by atoms with E-state index in [0.29, 0.717) is 36.6 Å². The van der Waals surface area contributed by atoms with Gasteiger partial charge in [-0.2, -0.15) is 5.10 Å². The zero-order valence-electron chi connectivity index (χ0n) is 18.1. The summed E-state index contributed by atoms with van der Waals surface area (Å²) in [6, 6.07) is 13.1. The van der Waals surface area contributed by atoms with Crippen LogP contribution < -0.4 is 10.1 Å². The standard InChI is InChI=1S/C23H21FN6O3/c1-29-19-11-12-30(23(31)25-14-7-9-15(32-2)10-8-14)13-17(19)20(28-29)22-27-26-21(33-22)16-5-3-4-6-18(16)24/h3-10H,11-13H2,1-2H3,(H,25,31). The van der Waals surface area contributed by atoms with Gasteiger partial charge in [-0.1, -0.05) is 12.1 Å². The number of rotatable bonds is 4. The minimum Gasteiger partial charge on any atom is -0.497 e. The molecule has 0 unspecified atom stereocenters. The van der Waals surface area contributed by atoms with Crippen molar-refractivity contribution in [2.45, 2.75) is 13.0 Å². The number of nitrogens with one attached hydrogen (secondary N) is 1. The van der Waals surface area contributed by atoms with Crippen LogP contribution in [0.2, 0.25) is 0 Å². The zero-order chi connectivity index (χ0) is 22.9. The molecule has 1 aliphatic rings. The molecule has 3 heterocycles. The highest BCUT2D eigenvalue weighted by atomic mass is 19.1. The molecule has 0 radical (unpaired) electrons. The second-order valence-electron chi connectivity index (χ2n) is 7.62. The molecule has 1 N–H and O–H groups in total. The Morgan fingerprint density at radius 1 is 1.12 bits per heavy atom. The lowest BCUT2D eigenvalue weighted by atomic mass is 10.1. The molecule has 0 saturated carbocycles. The van der Waals surface area contributed by atoms with Crippen LogP contribution in [-0.4, -0.2) is 44.6 Å². The number of methoxy groups -OCH3 is 1. The fraction of sp³-hybridized carbons (Fsp3) is 0.217. The van der Waals surface area contributed by atoms with Crippen LogP contribution in [0, 0.1) is 5.82 Å². The highest BCUT2D eigenvalue weighted by Gasteiger charge is 2.29. The monoisotopic (exact) mass is 448 g/mol. The molecule has 0 saturated heterocycles. The molecule has 0 spiro atoms. The van der Waals surface area contributed by atoms with Gasteiger partial charge in [-0.25, -0.2) is 9.18 Å². The fourth-order valence-corrected chi connectivity index (χ4v) is 3.88. The average molecular weight is 448 g/mol. The first-order chi connectivity index (χ1) is 16.0. The summed E-state index contributed by atoms with van der Waals surface area (Å²) in [5.41, 5.74) is 3.21. The van der Waals surface area contributed by atoms with Crippen molar-refractivity contribution in [3.63, 3.8) is 0 Å². The first-order valence-electron chi connectivity index (χ1n) is 10.4. The maximum Gasteiger partial charge on any atom is 0.322 e. The Hall–Kier alpha value is -4.21. The number of urea groups is 1. The van der Waals surface area contributed by atoms with Crippen molar-refractivity contribution in [1.29, 1.82) is 0 Å². The minimum absolute atomic E-state index is 0.0763. The number of ether oxygens (including phenoxy) is 1. The Labute approximate surface area is 188 Å². The molecule has 0 atom stereocenters. The molecular formula is C23H21FN6O3. The number of hydrogen-bond acceptors (Lipinski definition) is 6. The molecule has 0 fully saturated rings. The summed E-state index contributed by atoms with van der Waals surface area (Å²) < 4.78 is 26.8. The first kappa shape index (κ1) is 20.7. The summed E-state index contributed by atoms with van der Waals surface area (Å²) in [6.45, 7) is 0.871. The van der Waals surface area contributed by atoms with E-state index in [4.69, 9.17) is 9.15 Å². The molecule has 4 aromatic rings. The predicted molar refractivity (Wildman–Crippen MR) is 118 cm³/mol. The van der Waals surface area contributed by atoms with E-state index in [2.05, 4.69) is 20.6 Å². The first-order valence-corrected chi connectivity index (χ1v) is 10.4. The van der Waals surface area contributed by atoms with Gasteiger partial charge in [-0.05, 0) is 36.4 Å². The van der Waals surface area contributed by atoms with E-state index in [-0.39, 0.29) is 23.4 Å². The molecule has 168 valence electrons. The lowest BCUT2D eigenvalue weighted by Crippen LogP contribution is -2.39. The smallest absolute Gasteiger partial charge is 0.322 e. The minimum atomic E-state index is -0.447. The van der Waals surface area contributed by atoms with Crippen LogP contribution in [0.5, 0.6) is 5.75 Å². The zero-order valence-corrected chi connectivity index (χ0v) is 18.1. The molecule has 0 aliphatic carbocycles. The van der Waals surface area contributed by atoms with E-state index in [0.717, 1.165) is 11.3 Å². The third-order valence-electron chi connectivity index (χ3n) is 5.60. The summed E-state index contributed by atoms with van der Waals surface area (Å²) in [5.74, 6) is 0.525. The SMILES string of the molecule is COc1ccc(NC(=O)N2CCc3c(c(-c4nnc(-c5ccccc5F)o4)nn3C)C2)cc1. The van der Waals surface area contributed by atoms with Gasteiger partial charge in [-0.15, -0.1) is 10.2 Å². The fourth-order valence-electron chi connectivity index (χ4n) is 3.88. The number of carbonyl (C=O) groups excluding carboxylic acids is 1. The van der Waals surface area contributed by atoms with Gasteiger partial charge < -0.3 is 19.4 Å². The molecule has 2 aromatic heterocycles. The topological polar surface area (TPSA) is 98.3 Å². The number of fused-ring (bicyclic) bond motifs is 1. The summed E-state index contributed by atoms with van der Waals surface area (Å²) in [7, 11) is 3.43. The number of hydrogen-bond donors (Lipinski definition) is 1. The number of aromatic nitrogens is 4. The Kier molecular flexibility index (Phi) is 5.25. The van der Waals surface area contributed by atoms with Gasteiger partial charge in [0, 0.05) is 37.0 Å². The molecule has 2 amide bonds. The Balaban J connectivity index is 1.38. The van der Waals surface area contributed by atoms with Gasteiger partial charge in [0.2, 0.25) is 0 Å². The van der Waals surface area contributed by atoms with Crippen molar-refractivity contribution < 1.29 is 18.3 Å². The molecule has 0 bridgehead atoms. The van der Waals surface area contributed by atoms with Gasteiger partial charge in [0.25, 0.3) is 11.8 Å². The van der Waals surface area contributed by atoms with Crippen LogP contribution in [0.3, 0.4) is 0 Å². The molecule has 33 heavy (non-hydrogen) atoms. The molecule has 10 heteroatoms.